The van der Waals surface area contributed by atoms with Crippen LogP contribution in [0.15, 0.2) is 29.4 Å². The highest BCUT2D eigenvalue weighted by atomic mass is 14.9. The molecule has 0 amide bonds. The molecule has 0 bridgehead atoms. The number of hydrogen-bond acceptors (Lipinski definition) is 2. The minimum Gasteiger partial charge on any atom is -0.204 e. The van der Waals surface area contributed by atoms with Gasteiger partial charge in [0, 0.05) is 0 Å². The molecular weight excluding hydrogens is 148 g/mol. The third-order valence-electron chi connectivity index (χ3n) is 1.88. The molecule has 2 heteroatoms. The Balaban J connectivity index is 2.58. The van der Waals surface area contributed by atoms with Crippen LogP contribution in [0, 0.1) is 5.53 Å². The molecule has 0 unspecified atom stereocenters. The minimum atomic E-state index is 0.732. The highest BCUT2D eigenvalue weighted by Crippen LogP contribution is 2.13. The molecule has 0 saturated carbocycles. The van der Waals surface area contributed by atoms with Crippen molar-refractivity contribution < 1.29 is 0 Å². The SMILES string of the molecule is CCCCc1ccc(N=N)cc1. The van der Waals surface area contributed by atoms with E-state index in [1.807, 2.05) is 24.3 Å². The fraction of sp³-hybridized carbons (Fsp3) is 0.400. The van der Waals surface area contributed by atoms with E-state index in [2.05, 4.69) is 12.0 Å². The van der Waals surface area contributed by atoms with E-state index >= 15 is 0 Å². The Morgan fingerprint density at radius 3 is 2.42 bits per heavy atom. The summed E-state index contributed by atoms with van der Waals surface area (Å²) in [4.78, 5) is 0. The van der Waals surface area contributed by atoms with Crippen LogP contribution in [0.3, 0.4) is 0 Å². The summed E-state index contributed by atoms with van der Waals surface area (Å²) in [5, 5.41) is 3.34. The van der Waals surface area contributed by atoms with Gasteiger partial charge in [0.1, 0.15) is 0 Å². The van der Waals surface area contributed by atoms with Gasteiger partial charge in [0.05, 0.1) is 5.69 Å². The fourth-order valence-corrected chi connectivity index (χ4v) is 1.12. The molecule has 1 rings (SSSR count). The van der Waals surface area contributed by atoms with Crippen LogP contribution in [0.2, 0.25) is 0 Å². The molecule has 0 aliphatic rings. The molecule has 1 aromatic carbocycles. The van der Waals surface area contributed by atoms with Gasteiger partial charge in [0.15, 0.2) is 0 Å². The first-order valence-electron chi connectivity index (χ1n) is 4.33. The summed E-state index contributed by atoms with van der Waals surface area (Å²) in [7, 11) is 0. The van der Waals surface area contributed by atoms with Gasteiger partial charge in [-0.15, -0.1) is 0 Å². The quantitative estimate of drug-likeness (QED) is 0.655. The summed E-state index contributed by atoms with van der Waals surface area (Å²) in [5.74, 6) is 0. The van der Waals surface area contributed by atoms with E-state index < -0.39 is 0 Å². The van der Waals surface area contributed by atoms with Crippen LogP contribution in [0.4, 0.5) is 5.69 Å². The van der Waals surface area contributed by atoms with Gasteiger partial charge < -0.3 is 0 Å². The zero-order chi connectivity index (χ0) is 8.81. The second-order valence-corrected chi connectivity index (χ2v) is 2.88. The lowest BCUT2D eigenvalue weighted by Crippen LogP contribution is -1.82. The Bertz CT molecular complexity index is 239. The Labute approximate surface area is 73.1 Å². The first kappa shape index (κ1) is 8.91. The molecule has 2 nitrogen and oxygen atoms in total. The van der Waals surface area contributed by atoms with Crippen LogP contribution >= 0.6 is 0 Å². The van der Waals surface area contributed by atoms with E-state index in [0.717, 1.165) is 12.1 Å². The molecule has 64 valence electrons. The maximum Gasteiger partial charge on any atom is 0.0850 e. The predicted octanol–water partition coefficient (Wildman–Crippen LogP) is 3.69. The zero-order valence-electron chi connectivity index (χ0n) is 7.38. The average molecular weight is 162 g/mol. The maximum atomic E-state index is 6.78. The van der Waals surface area contributed by atoms with Crippen molar-refractivity contribution in [3.63, 3.8) is 0 Å². The van der Waals surface area contributed by atoms with E-state index in [1.54, 1.807) is 0 Å². The minimum absolute atomic E-state index is 0.732. The Hall–Kier alpha value is -1.18. The lowest BCUT2D eigenvalue weighted by atomic mass is 10.1. The molecule has 0 saturated heterocycles. The van der Waals surface area contributed by atoms with Gasteiger partial charge in [-0.2, -0.15) is 5.11 Å². The van der Waals surface area contributed by atoms with Crippen LogP contribution < -0.4 is 0 Å². The van der Waals surface area contributed by atoms with Crippen molar-refractivity contribution in [2.45, 2.75) is 26.2 Å². The number of rotatable bonds is 4. The van der Waals surface area contributed by atoms with Gasteiger partial charge in [-0.05, 0) is 30.5 Å². The molecule has 0 fully saturated rings. The zero-order valence-corrected chi connectivity index (χ0v) is 7.38. The monoisotopic (exact) mass is 162 g/mol. The standard InChI is InChI=1S/C10H14N2/c1-2-3-4-9-5-7-10(12-11)8-6-9/h5-8,11H,2-4H2,1H3. The molecule has 1 aromatic rings. The number of nitrogens with one attached hydrogen (secondary N) is 1. The van der Waals surface area contributed by atoms with Gasteiger partial charge >= 0.3 is 0 Å². The number of nitrogens with zero attached hydrogens (tertiary/aromatic N) is 1. The number of hydrogen-bond donors (Lipinski definition) is 1. The normalized spacial score (nSPS) is 9.75. The second kappa shape index (κ2) is 4.65. The Morgan fingerprint density at radius 1 is 1.25 bits per heavy atom. The van der Waals surface area contributed by atoms with Crippen molar-refractivity contribution in [1.29, 1.82) is 5.53 Å². The van der Waals surface area contributed by atoms with Crippen LogP contribution in [0.5, 0.6) is 0 Å². The number of aryl methyl sites for hydroxylation is 1. The summed E-state index contributed by atoms with van der Waals surface area (Å²) in [6.07, 6.45) is 3.59. The van der Waals surface area contributed by atoms with E-state index in [4.69, 9.17) is 5.53 Å². The van der Waals surface area contributed by atoms with Gasteiger partial charge in [-0.3, -0.25) is 0 Å². The van der Waals surface area contributed by atoms with E-state index in [9.17, 15) is 0 Å². The first-order chi connectivity index (χ1) is 5.86. The van der Waals surface area contributed by atoms with Crippen molar-refractivity contribution in [3.05, 3.63) is 29.8 Å². The topological polar surface area (TPSA) is 36.2 Å². The summed E-state index contributed by atoms with van der Waals surface area (Å²) < 4.78 is 0. The summed E-state index contributed by atoms with van der Waals surface area (Å²) in [5.41, 5.74) is 8.85. The third kappa shape index (κ3) is 2.46. The molecule has 0 spiro atoms. The van der Waals surface area contributed by atoms with E-state index in [-0.39, 0.29) is 0 Å². The van der Waals surface area contributed by atoms with Crippen molar-refractivity contribution in [2.24, 2.45) is 5.11 Å². The van der Waals surface area contributed by atoms with Crippen molar-refractivity contribution >= 4 is 5.69 Å². The molecule has 0 aliphatic carbocycles. The lowest BCUT2D eigenvalue weighted by Gasteiger charge is -1.98. The number of unbranched alkanes of at least 4 members (excludes halogenated alkanes) is 1. The molecular formula is C10H14N2. The lowest BCUT2D eigenvalue weighted by molar-refractivity contribution is 0.795. The number of benzene rings is 1. The van der Waals surface area contributed by atoms with Crippen LogP contribution in [0.1, 0.15) is 25.3 Å². The van der Waals surface area contributed by atoms with Crippen molar-refractivity contribution in [3.8, 4) is 0 Å². The van der Waals surface area contributed by atoms with E-state index in [0.29, 0.717) is 0 Å². The summed E-state index contributed by atoms with van der Waals surface area (Å²) in [6.45, 7) is 2.19. The molecule has 12 heavy (non-hydrogen) atoms. The molecule has 1 N–H and O–H groups in total. The molecule has 0 aromatic heterocycles. The van der Waals surface area contributed by atoms with Crippen molar-refractivity contribution in [1.82, 2.24) is 0 Å². The van der Waals surface area contributed by atoms with Gasteiger partial charge in [0.25, 0.3) is 0 Å². The van der Waals surface area contributed by atoms with E-state index in [1.165, 1.54) is 18.4 Å². The third-order valence-corrected chi connectivity index (χ3v) is 1.88. The molecule has 0 radical (unpaired) electrons. The van der Waals surface area contributed by atoms with Crippen molar-refractivity contribution in [2.75, 3.05) is 0 Å². The first-order valence-corrected chi connectivity index (χ1v) is 4.33. The van der Waals surface area contributed by atoms with Gasteiger partial charge in [-0.1, -0.05) is 25.5 Å². The largest absolute Gasteiger partial charge is 0.204 e. The highest BCUT2D eigenvalue weighted by molar-refractivity contribution is 5.37. The maximum absolute atomic E-state index is 6.78. The highest BCUT2D eigenvalue weighted by Gasteiger charge is 1.92. The summed E-state index contributed by atoms with van der Waals surface area (Å²) in [6, 6.07) is 7.86. The second-order valence-electron chi connectivity index (χ2n) is 2.88. The Kier molecular flexibility index (Phi) is 3.45. The van der Waals surface area contributed by atoms with Crippen LogP contribution in [-0.2, 0) is 6.42 Å². The molecule has 0 aliphatic heterocycles. The van der Waals surface area contributed by atoms with Crippen LogP contribution in [-0.4, -0.2) is 0 Å². The fourth-order valence-electron chi connectivity index (χ4n) is 1.12. The molecule has 0 heterocycles. The smallest absolute Gasteiger partial charge is 0.0850 e. The predicted molar refractivity (Wildman–Crippen MR) is 49.9 cm³/mol. The van der Waals surface area contributed by atoms with Gasteiger partial charge in [-0.25, -0.2) is 5.53 Å². The van der Waals surface area contributed by atoms with Crippen LogP contribution in [0.25, 0.3) is 0 Å². The summed E-state index contributed by atoms with van der Waals surface area (Å²) >= 11 is 0. The van der Waals surface area contributed by atoms with Gasteiger partial charge in [0.2, 0.25) is 0 Å². The average Bonchev–Trinajstić information content (AvgIpc) is 2.15. The Morgan fingerprint density at radius 2 is 1.92 bits per heavy atom. The molecule has 0 atom stereocenters.